The number of hydrogen-bond donors (Lipinski definition) is 1. The van der Waals surface area contributed by atoms with Crippen molar-refractivity contribution < 1.29 is 4.74 Å². The number of ether oxygens (including phenoxy) is 1. The van der Waals surface area contributed by atoms with Crippen LogP contribution in [0.5, 0.6) is 0 Å². The van der Waals surface area contributed by atoms with Crippen molar-refractivity contribution in [3.63, 3.8) is 0 Å². The highest BCUT2D eigenvalue weighted by Crippen LogP contribution is 2.24. The van der Waals surface area contributed by atoms with Gasteiger partial charge in [0.1, 0.15) is 0 Å². The van der Waals surface area contributed by atoms with Gasteiger partial charge in [-0.05, 0) is 26.8 Å². The van der Waals surface area contributed by atoms with Gasteiger partial charge >= 0.3 is 0 Å². The largest absolute Gasteiger partial charge is 0.377 e. The Morgan fingerprint density at radius 3 is 2.55 bits per heavy atom. The van der Waals surface area contributed by atoms with E-state index in [1.54, 1.807) is 11.3 Å². The Morgan fingerprint density at radius 2 is 2.05 bits per heavy atom. The fraction of sp³-hybridized carbons (Fsp3) is 0.812. The summed E-state index contributed by atoms with van der Waals surface area (Å²) in [4.78, 5) is 4.78. The number of nitrogens with one attached hydrogen (secondary N) is 1. The summed E-state index contributed by atoms with van der Waals surface area (Å²) in [5, 5.41) is 6.96. The Labute approximate surface area is 128 Å². The first kappa shape index (κ1) is 17.6. The van der Waals surface area contributed by atoms with Gasteiger partial charge in [0, 0.05) is 23.3 Å². The molecule has 0 amide bonds. The van der Waals surface area contributed by atoms with Crippen LogP contribution in [0, 0.1) is 0 Å². The average molecular weight is 298 g/mol. The second kappa shape index (κ2) is 8.11. The molecule has 0 spiro atoms. The van der Waals surface area contributed by atoms with E-state index in [9.17, 15) is 0 Å². The molecule has 0 aliphatic heterocycles. The fourth-order valence-electron chi connectivity index (χ4n) is 1.81. The minimum Gasteiger partial charge on any atom is -0.377 e. The van der Waals surface area contributed by atoms with Gasteiger partial charge < -0.3 is 10.1 Å². The van der Waals surface area contributed by atoms with E-state index in [1.807, 2.05) is 0 Å². The van der Waals surface area contributed by atoms with Crippen LogP contribution >= 0.6 is 11.3 Å². The zero-order chi connectivity index (χ0) is 15.2. The Hall–Kier alpha value is -0.450. The molecule has 1 atom stereocenters. The maximum atomic E-state index is 5.76. The standard InChI is InChI=1S/C16H30N2OS/c1-7-8-17-13(10-19-12(2)3)9-15-18-14(11-20-15)16(4,5)6/h11-13,17H,7-10H2,1-6H3. The van der Waals surface area contributed by atoms with Gasteiger partial charge in [0.05, 0.1) is 23.4 Å². The Morgan fingerprint density at radius 1 is 1.35 bits per heavy atom. The van der Waals surface area contributed by atoms with Gasteiger partial charge in [-0.1, -0.05) is 27.7 Å². The average Bonchev–Trinajstić information content (AvgIpc) is 2.80. The van der Waals surface area contributed by atoms with E-state index in [4.69, 9.17) is 9.72 Å². The molecular formula is C16H30N2OS. The zero-order valence-electron chi connectivity index (χ0n) is 13.8. The maximum Gasteiger partial charge on any atom is 0.0944 e. The van der Waals surface area contributed by atoms with E-state index in [0.29, 0.717) is 6.04 Å². The highest BCUT2D eigenvalue weighted by Gasteiger charge is 2.19. The number of thiazole rings is 1. The molecule has 0 aliphatic rings. The normalized spacial score (nSPS) is 13.9. The van der Waals surface area contributed by atoms with Gasteiger partial charge in [-0.15, -0.1) is 11.3 Å². The minimum absolute atomic E-state index is 0.134. The topological polar surface area (TPSA) is 34.1 Å². The lowest BCUT2D eigenvalue weighted by Crippen LogP contribution is -2.36. The van der Waals surface area contributed by atoms with Gasteiger partial charge in [-0.2, -0.15) is 0 Å². The second-order valence-electron chi connectivity index (χ2n) is 6.61. The summed E-state index contributed by atoms with van der Waals surface area (Å²) in [5.41, 5.74) is 1.33. The monoisotopic (exact) mass is 298 g/mol. The summed E-state index contributed by atoms with van der Waals surface area (Å²) in [5.74, 6) is 0. The first-order valence-electron chi connectivity index (χ1n) is 7.62. The molecule has 3 nitrogen and oxygen atoms in total. The van der Waals surface area contributed by atoms with Gasteiger partial charge in [0.25, 0.3) is 0 Å². The van der Waals surface area contributed by atoms with Crippen molar-refractivity contribution in [2.75, 3.05) is 13.2 Å². The van der Waals surface area contributed by atoms with Crippen LogP contribution in [0.2, 0.25) is 0 Å². The van der Waals surface area contributed by atoms with Gasteiger partial charge in [0.2, 0.25) is 0 Å². The smallest absolute Gasteiger partial charge is 0.0944 e. The third-order valence-electron chi connectivity index (χ3n) is 3.05. The molecule has 1 heterocycles. The van der Waals surface area contributed by atoms with E-state index >= 15 is 0 Å². The van der Waals surface area contributed by atoms with Crippen LogP contribution in [0.15, 0.2) is 5.38 Å². The van der Waals surface area contributed by atoms with E-state index in [0.717, 1.165) is 26.0 Å². The first-order valence-corrected chi connectivity index (χ1v) is 8.50. The summed E-state index contributed by atoms with van der Waals surface area (Å²) in [7, 11) is 0. The summed E-state index contributed by atoms with van der Waals surface area (Å²) in [6.45, 7) is 14.8. The maximum absolute atomic E-state index is 5.76. The quantitative estimate of drug-likeness (QED) is 0.793. The molecule has 0 bridgehead atoms. The van der Waals surface area contributed by atoms with Crippen molar-refractivity contribution in [1.29, 1.82) is 0 Å². The lowest BCUT2D eigenvalue weighted by Gasteiger charge is -2.19. The number of rotatable bonds is 8. The lowest BCUT2D eigenvalue weighted by molar-refractivity contribution is 0.0613. The zero-order valence-corrected chi connectivity index (χ0v) is 14.6. The summed E-state index contributed by atoms with van der Waals surface area (Å²) < 4.78 is 5.76. The highest BCUT2D eigenvalue weighted by atomic mass is 32.1. The molecular weight excluding hydrogens is 268 g/mol. The molecule has 1 N–H and O–H groups in total. The molecule has 20 heavy (non-hydrogen) atoms. The van der Waals surface area contributed by atoms with Crippen molar-refractivity contribution in [3.8, 4) is 0 Å². The van der Waals surface area contributed by atoms with Crippen molar-refractivity contribution in [3.05, 3.63) is 16.1 Å². The minimum atomic E-state index is 0.134. The van der Waals surface area contributed by atoms with Crippen molar-refractivity contribution >= 4 is 11.3 Å². The number of hydrogen-bond acceptors (Lipinski definition) is 4. The van der Waals surface area contributed by atoms with E-state index in [2.05, 4.69) is 52.2 Å². The predicted molar refractivity (Wildman–Crippen MR) is 87.7 cm³/mol. The molecule has 0 aromatic carbocycles. The third kappa shape index (κ3) is 6.33. The molecule has 0 saturated carbocycles. The van der Waals surface area contributed by atoms with E-state index in [-0.39, 0.29) is 11.5 Å². The van der Waals surface area contributed by atoms with Crippen LogP contribution < -0.4 is 5.32 Å². The highest BCUT2D eigenvalue weighted by molar-refractivity contribution is 7.09. The predicted octanol–water partition coefficient (Wildman–Crippen LogP) is 3.78. The first-order chi connectivity index (χ1) is 9.32. The molecule has 4 heteroatoms. The molecule has 1 rings (SSSR count). The fourth-order valence-corrected chi connectivity index (χ4v) is 2.91. The summed E-state index contributed by atoms with van der Waals surface area (Å²) >= 11 is 1.77. The molecule has 0 fully saturated rings. The Bertz CT molecular complexity index is 382. The van der Waals surface area contributed by atoms with Crippen LogP contribution in [0.1, 0.15) is 58.7 Å². The van der Waals surface area contributed by atoms with Crippen molar-refractivity contribution in [2.24, 2.45) is 0 Å². The molecule has 0 radical (unpaired) electrons. The molecule has 0 saturated heterocycles. The summed E-state index contributed by atoms with van der Waals surface area (Å²) in [6.07, 6.45) is 2.37. The van der Waals surface area contributed by atoms with Crippen LogP contribution in [0.3, 0.4) is 0 Å². The molecule has 1 aromatic heterocycles. The molecule has 0 aliphatic carbocycles. The third-order valence-corrected chi connectivity index (χ3v) is 3.93. The van der Waals surface area contributed by atoms with Crippen LogP contribution in [-0.4, -0.2) is 30.3 Å². The van der Waals surface area contributed by atoms with Crippen LogP contribution in [0.4, 0.5) is 0 Å². The van der Waals surface area contributed by atoms with Gasteiger partial charge in [0.15, 0.2) is 0 Å². The molecule has 1 unspecified atom stereocenters. The number of nitrogens with zero attached hydrogens (tertiary/aromatic N) is 1. The van der Waals surface area contributed by atoms with Gasteiger partial charge in [-0.3, -0.25) is 0 Å². The lowest BCUT2D eigenvalue weighted by atomic mass is 9.93. The van der Waals surface area contributed by atoms with E-state index < -0.39 is 0 Å². The molecule has 1 aromatic rings. The van der Waals surface area contributed by atoms with Gasteiger partial charge in [-0.25, -0.2) is 4.98 Å². The van der Waals surface area contributed by atoms with Crippen LogP contribution in [0.25, 0.3) is 0 Å². The number of aromatic nitrogens is 1. The Kier molecular flexibility index (Phi) is 7.13. The SMILES string of the molecule is CCCNC(COC(C)C)Cc1nc(C(C)(C)C)cs1. The van der Waals surface area contributed by atoms with E-state index in [1.165, 1.54) is 10.7 Å². The van der Waals surface area contributed by atoms with Crippen molar-refractivity contribution in [1.82, 2.24) is 10.3 Å². The molecule has 116 valence electrons. The summed E-state index contributed by atoms with van der Waals surface area (Å²) in [6, 6.07) is 0.358. The Balaban J connectivity index is 2.61. The van der Waals surface area contributed by atoms with Crippen LogP contribution in [-0.2, 0) is 16.6 Å². The second-order valence-corrected chi connectivity index (χ2v) is 7.56. The van der Waals surface area contributed by atoms with Crippen molar-refractivity contribution in [2.45, 2.75) is 71.9 Å².